The number of nitrogens with zero attached hydrogens (tertiary/aromatic N) is 3. The number of carbonyl (C=O) groups is 1. The zero-order chi connectivity index (χ0) is 14.0. The van der Waals surface area contributed by atoms with E-state index < -0.39 is 5.97 Å². The summed E-state index contributed by atoms with van der Waals surface area (Å²) in [6, 6.07) is 1.51. The minimum absolute atomic E-state index is 0.0209. The third kappa shape index (κ3) is 2.79. The number of hydrogen-bond acceptors (Lipinski definition) is 5. The SMILES string of the molecule is Cc1nnc(Oc2cncc(Cl)c2)c(C(=O)O)c1C. The van der Waals surface area contributed by atoms with Gasteiger partial charge in [-0.15, -0.1) is 5.10 Å². The largest absolute Gasteiger partial charge is 0.477 e. The zero-order valence-electron chi connectivity index (χ0n) is 10.2. The van der Waals surface area contributed by atoms with Gasteiger partial charge in [-0.05, 0) is 19.4 Å². The number of pyridine rings is 1. The van der Waals surface area contributed by atoms with Crippen molar-refractivity contribution in [2.75, 3.05) is 0 Å². The second-order valence-corrected chi connectivity index (χ2v) is 4.27. The molecule has 2 aromatic heterocycles. The van der Waals surface area contributed by atoms with Crippen LogP contribution in [-0.2, 0) is 0 Å². The number of aromatic nitrogens is 3. The summed E-state index contributed by atoms with van der Waals surface area (Å²) >= 11 is 5.78. The topological polar surface area (TPSA) is 85.2 Å². The lowest BCUT2D eigenvalue weighted by Crippen LogP contribution is -2.08. The first-order valence-corrected chi connectivity index (χ1v) is 5.72. The lowest BCUT2D eigenvalue weighted by molar-refractivity contribution is 0.0692. The summed E-state index contributed by atoms with van der Waals surface area (Å²) in [5, 5.41) is 17.2. The van der Waals surface area contributed by atoms with Crippen LogP contribution in [0.15, 0.2) is 18.5 Å². The number of aryl methyl sites for hydroxylation is 1. The standard InChI is InChI=1S/C12H10ClN3O3/c1-6-7(2)15-16-11(10(6)12(17)18)19-9-3-8(13)4-14-5-9/h3-5H,1-2H3,(H,17,18). The number of ether oxygens (including phenoxy) is 1. The van der Waals surface area contributed by atoms with Gasteiger partial charge in [-0.1, -0.05) is 11.6 Å². The number of hydrogen-bond donors (Lipinski definition) is 1. The van der Waals surface area contributed by atoms with Crippen LogP contribution in [0.25, 0.3) is 0 Å². The van der Waals surface area contributed by atoms with E-state index in [1.165, 1.54) is 18.5 Å². The summed E-state index contributed by atoms with van der Waals surface area (Å²) in [6.45, 7) is 3.33. The third-order valence-corrected chi connectivity index (χ3v) is 2.74. The molecule has 0 radical (unpaired) electrons. The Labute approximate surface area is 114 Å². The van der Waals surface area contributed by atoms with Crippen LogP contribution in [0.4, 0.5) is 0 Å². The van der Waals surface area contributed by atoms with E-state index in [1.54, 1.807) is 13.8 Å². The van der Waals surface area contributed by atoms with Crippen molar-refractivity contribution in [2.24, 2.45) is 0 Å². The number of rotatable bonds is 3. The Morgan fingerprint density at radius 1 is 1.32 bits per heavy atom. The number of carboxylic acid groups (broad SMARTS) is 1. The molecule has 0 atom stereocenters. The fourth-order valence-corrected chi connectivity index (χ4v) is 1.63. The zero-order valence-corrected chi connectivity index (χ0v) is 11.0. The van der Waals surface area contributed by atoms with Gasteiger partial charge in [0.2, 0.25) is 0 Å². The molecule has 0 unspecified atom stereocenters. The molecule has 2 heterocycles. The average Bonchev–Trinajstić information content (AvgIpc) is 2.33. The molecule has 0 spiro atoms. The van der Waals surface area contributed by atoms with E-state index >= 15 is 0 Å². The highest BCUT2D eigenvalue weighted by Crippen LogP contribution is 2.26. The van der Waals surface area contributed by atoms with Crippen molar-refractivity contribution in [3.8, 4) is 11.6 Å². The molecule has 0 saturated carbocycles. The minimum Gasteiger partial charge on any atom is -0.477 e. The molecule has 19 heavy (non-hydrogen) atoms. The van der Waals surface area contributed by atoms with Crippen LogP contribution in [0.3, 0.4) is 0 Å². The van der Waals surface area contributed by atoms with Crippen molar-refractivity contribution in [2.45, 2.75) is 13.8 Å². The number of carboxylic acids is 1. The second-order valence-electron chi connectivity index (χ2n) is 3.84. The van der Waals surface area contributed by atoms with Gasteiger partial charge in [0.15, 0.2) is 0 Å². The van der Waals surface area contributed by atoms with Crippen molar-refractivity contribution in [3.05, 3.63) is 40.3 Å². The molecule has 0 aliphatic carbocycles. The van der Waals surface area contributed by atoms with Gasteiger partial charge < -0.3 is 9.84 Å². The van der Waals surface area contributed by atoms with E-state index in [1.807, 2.05) is 0 Å². The molecule has 0 bridgehead atoms. The van der Waals surface area contributed by atoms with Crippen LogP contribution in [0.5, 0.6) is 11.6 Å². The summed E-state index contributed by atoms with van der Waals surface area (Å²) in [7, 11) is 0. The molecule has 0 saturated heterocycles. The summed E-state index contributed by atoms with van der Waals surface area (Å²) in [6.07, 6.45) is 2.85. The second kappa shape index (κ2) is 5.19. The molecule has 0 aliphatic rings. The molecule has 2 rings (SSSR count). The Balaban J connectivity index is 2.46. The van der Waals surface area contributed by atoms with Crippen LogP contribution in [-0.4, -0.2) is 26.3 Å². The first-order chi connectivity index (χ1) is 8.99. The highest BCUT2D eigenvalue weighted by atomic mass is 35.5. The molecular formula is C12H10ClN3O3. The van der Waals surface area contributed by atoms with Gasteiger partial charge in [-0.3, -0.25) is 4.98 Å². The highest BCUT2D eigenvalue weighted by Gasteiger charge is 2.19. The molecule has 0 fully saturated rings. The van der Waals surface area contributed by atoms with Gasteiger partial charge in [-0.25, -0.2) is 4.79 Å². The average molecular weight is 280 g/mol. The summed E-state index contributed by atoms with van der Waals surface area (Å²) in [5.74, 6) is -0.910. The predicted molar refractivity (Wildman–Crippen MR) is 67.8 cm³/mol. The Morgan fingerprint density at radius 3 is 2.68 bits per heavy atom. The van der Waals surface area contributed by atoms with Crippen molar-refractivity contribution in [1.82, 2.24) is 15.2 Å². The maximum absolute atomic E-state index is 11.3. The Bertz CT molecular complexity index is 646. The molecule has 0 aromatic carbocycles. The van der Waals surface area contributed by atoms with E-state index in [-0.39, 0.29) is 11.4 Å². The van der Waals surface area contributed by atoms with Gasteiger partial charge in [0, 0.05) is 12.3 Å². The van der Waals surface area contributed by atoms with Crippen LogP contribution in [0, 0.1) is 13.8 Å². The Hall–Kier alpha value is -2.21. The monoisotopic (exact) mass is 279 g/mol. The van der Waals surface area contributed by atoms with Crippen molar-refractivity contribution in [1.29, 1.82) is 0 Å². The minimum atomic E-state index is -1.12. The van der Waals surface area contributed by atoms with Crippen LogP contribution in [0.2, 0.25) is 5.02 Å². The van der Waals surface area contributed by atoms with Gasteiger partial charge in [0.25, 0.3) is 5.88 Å². The van der Waals surface area contributed by atoms with Crippen LogP contribution < -0.4 is 4.74 Å². The molecule has 7 heteroatoms. The number of halogens is 1. The first kappa shape index (κ1) is 13.2. The predicted octanol–water partition coefficient (Wildman–Crippen LogP) is 2.63. The normalized spacial score (nSPS) is 10.3. The maximum Gasteiger partial charge on any atom is 0.341 e. The Kier molecular flexibility index (Phi) is 3.62. The maximum atomic E-state index is 11.3. The van der Waals surface area contributed by atoms with Gasteiger partial charge >= 0.3 is 5.97 Å². The van der Waals surface area contributed by atoms with Crippen LogP contribution >= 0.6 is 11.6 Å². The molecule has 0 amide bonds. The van der Waals surface area contributed by atoms with Crippen molar-refractivity contribution < 1.29 is 14.6 Å². The first-order valence-electron chi connectivity index (χ1n) is 5.34. The number of aromatic carboxylic acids is 1. The summed E-state index contributed by atoms with van der Waals surface area (Å²) in [5.41, 5.74) is 1.02. The van der Waals surface area contributed by atoms with E-state index in [9.17, 15) is 9.90 Å². The molecule has 0 aliphatic heterocycles. The van der Waals surface area contributed by atoms with Crippen molar-refractivity contribution in [3.63, 3.8) is 0 Å². The quantitative estimate of drug-likeness (QED) is 0.929. The van der Waals surface area contributed by atoms with E-state index in [0.29, 0.717) is 22.0 Å². The van der Waals surface area contributed by atoms with Crippen molar-refractivity contribution >= 4 is 17.6 Å². The molecule has 2 aromatic rings. The van der Waals surface area contributed by atoms with Gasteiger partial charge in [0.1, 0.15) is 11.3 Å². The van der Waals surface area contributed by atoms with Gasteiger partial charge in [-0.2, -0.15) is 5.10 Å². The molecule has 1 N–H and O–H groups in total. The van der Waals surface area contributed by atoms with Crippen LogP contribution in [0.1, 0.15) is 21.6 Å². The summed E-state index contributed by atoms with van der Waals surface area (Å²) < 4.78 is 5.39. The van der Waals surface area contributed by atoms with E-state index in [2.05, 4.69) is 15.2 Å². The van der Waals surface area contributed by atoms with E-state index in [0.717, 1.165) is 0 Å². The fraction of sp³-hybridized carbons (Fsp3) is 0.167. The molecular weight excluding hydrogens is 270 g/mol. The Morgan fingerprint density at radius 2 is 2.05 bits per heavy atom. The highest BCUT2D eigenvalue weighted by molar-refractivity contribution is 6.30. The summed E-state index contributed by atoms with van der Waals surface area (Å²) in [4.78, 5) is 15.1. The smallest absolute Gasteiger partial charge is 0.341 e. The third-order valence-electron chi connectivity index (χ3n) is 2.53. The molecule has 98 valence electrons. The fourth-order valence-electron chi connectivity index (χ4n) is 1.47. The van der Waals surface area contributed by atoms with Gasteiger partial charge in [0.05, 0.1) is 16.9 Å². The van der Waals surface area contributed by atoms with E-state index in [4.69, 9.17) is 16.3 Å². The molecule has 6 nitrogen and oxygen atoms in total. The lowest BCUT2D eigenvalue weighted by atomic mass is 10.1. The lowest BCUT2D eigenvalue weighted by Gasteiger charge is -2.10.